The van der Waals surface area contributed by atoms with Gasteiger partial charge in [-0.25, -0.2) is 0 Å². The minimum absolute atomic E-state index is 0.0827. The molecular formula is C12H18ClN3O. The van der Waals surface area contributed by atoms with Gasteiger partial charge in [0, 0.05) is 12.7 Å². The van der Waals surface area contributed by atoms with Crippen molar-refractivity contribution in [3.8, 4) is 0 Å². The number of aromatic amines is 1. The average Bonchev–Trinajstić information content (AvgIpc) is 2.77. The quantitative estimate of drug-likeness (QED) is 0.768. The molecule has 1 unspecified atom stereocenters. The first-order chi connectivity index (χ1) is 8.25. The third-order valence-electron chi connectivity index (χ3n) is 3.13. The summed E-state index contributed by atoms with van der Waals surface area (Å²) in [4.78, 5) is 14.5. The summed E-state index contributed by atoms with van der Waals surface area (Å²) in [5.41, 5.74) is 0.525. The number of H-pyrrole nitrogens is 1. The molecule has 5 heteroatoms. The summed E-state index contributed by atoms with van der Waals surface area (Å²) < 4.78 is 0. The fourth-order valence-corrected chi connectivity index (χ4v) is 2.32. The van der Waals surface area contributed by atoms with Crippen LogP contribution in [0.3, 0.4) is 0 Å². The van der Waals surface area contributed by atoms with E-state index in [1.165, 1.54) is 12.8 Å². The van der Waals surface area contributed by atoms with Crippen molar-refractivity contribution in [2.45, 2.75) is 19.3 Å². The zero-order chi connectivity index (χ0) is 12.1. The highest BCUT2D eigenvalue weighted by molar-refractivity contribution is 6.30. The maximum Gasteiger partial charge on any atom is 0.267 e. The molecule has 94 valence electrons. The molecule has 1 saturated heterocycles. The largest absolute Gasteiger partial charge is 0.356 e. The number of rotatable bonds is 4. The van der Waals surface area contributed by atoms with E-state index < -0.39 is 0 Å². The van der Waals surface area contributed by atoms with E-state index in [1.807, 2.05) is 0 Å². The third kappa shape index (κ3) is 3.75. The number of carbonyl (C=O) groups is 1. The van der Waals surface area contributed by atoms with E-state index in [2.05, 4.69) is 15.6 Å². The standard InChI is InChI=1S/C12H18ClN3O/c13-10-6-11(16-8-10)12(17)15-5-3-9-2-1-4-14-7-9/h6,8-9,14,16H,1-5,7H2,(H,15,17). The van der Waals surface area contributed by atoms with Crippen molar-refractivity contribution in [3.05, 3.63) is 23.0 Å². The predicted octanol–water partition coefficient (Wildman–Crippen LogP) is 1.79. The normalized spacial score (nSPS) is 20.2. The van der Waals surface area contributed by atoms with Crippen LogP contribution in [0.1, 0.15) is 29.8 Å². The molecule has 1 aromatic rings. The van der Waals surface area contributed by atoms with E-state index >= 15 is 0 Å². The molecule has 17 heavy (non-hydrogen) atoms. The highest BCUT2D eigenvalue weighted by Gasteiger charge is 2.13. The van der Waals surface area contributed by atoms with Gasteiger partial charge in [-0.1, -0.05) is 11.6 Å². The van der Waals surface area contributed by atoms with Gasteiger partial charge in [-0.2, -0.15) is 0 Å². The lowest BCUT2D eigenvalue weighted by molar-refractivity contribution is 0.0946. The molecule has 1 fully saturated rings. The summed E-state index contributed by atoms with van der Waals surface area (Å²) >= 11 is 5.74. The van der Waals surface area contributed by atoms with Gasteiger partial charge in [0.15, 0.2) is 0 Å². The van der Waals surface area contributed by atoms with Crippen LogP contribution in [0.15, 0.2) is 12.3 Å². The van der Waals surface area contributed by atoms with Crippen LogP contribution in [0.2, 0.25) is 5.02 Å². The Kier molecular flexibility index (Phi) is 4.45. The van der Waals surface area contributed by atoms with Crippen molar-refractivity contribution in [2.75, 3.05) is 19.6 Å². The molecule has 1 aliphatic heterocycles. The van der Waals surface area contributed by atoms with Gasteiger partial charge < -0.3 is 15.6 Å². The summed E-state index contributed by atoms with van der Waals surface area (Å²) in [6.45, 7) is 2.93. The van der Waals surface area contributed by atoms with Crippen LogP contribution in [0.4, 0.5) is 0 Å². The maximum absolute atomic E-state index is 11.7. The topological polar surface area (TPSA) is 56.9 Å². The number of nitrogens with one attached hydrogen (secondary N) is 3. The van der Waals surface area contributed by atoms with E-state index in [1.54, 1.807) is 12.3 Å². The van der Waals surface area contributed by atoms with Gasteiger partial charge >= 0.3 is 0 Å². The smallest absolute Gasteiger partial charge is 0.267 e. The van der Waals surface area contributed by atoms with Crippen molar-refractivity contribution in [3.63, 3.8) is 0 Å². The molecule has 2 heterocycles. The number of amides is 1. The first-order valence-electron chi connectivity index (χ1n) is 6.08. The Morgan fingerprint density at radius 1 is 1.59 bits per heavy atom. The average molecular weight is 256 g/mol. The van der Waals surface area contributed by atoms with Crippen LogP contribution in [-0.2, 0) is 0 Å². The number of halogens is 1. The van der Waals surface area contributed by atoms with Crippen LogP contribution in [0.5, 0.6) is 0 Å². The molecule has 1 aliphatic rings. The summed E-state index contributed by atoms with van der Waals surface area (Å²) in [6.07, 6.45) is 5.15. The molecule has 0 aromatic carbocycles. The lowest BCUT2D eigenvalue weighted by Gasteiger charge is -2.22. The minimum atomic E-state index is -0.0827. The molecule has 1 amide bonds. The van der Waals surface area contributed by atoms with E-state index in [9.17, 15) is 4.79 Å². The lowest BCUT2D eigenvalue weighted by atomic mass is 9.96. The Hall–Kier alpha value is -1.00. The second kappa shape index (κ2) is 6.07. The maximum atomic E-state index is 11.7. The zero-order valence-electron chi connectivity index (χ0n) is 9.76. The highest BCUT2D eigenvalue weighted by atomic mass is 35.5. The van der Waals surface area contributed by atoms with Crippen LogP contribution < -0.4 is 10.6 Å². The Labute approximate surface area is 106 Å². The number of carbonyl (C=O) groups excluding carboxylic acids is 1. The number of piperidine rings is 1. The molecule has 0 bridgehead atoms. The summed E-state index contributed by atoms with van der Waals surface area (Å²) in [7, 11) is 0. The molecule has 1 aromatic heterocycles. The minimum Gasteiger partial charge on any atom is -0.356 e. The molecule has 0 saturated carbocycles. The van der Waals surface area contributed by atoms with Crippen molar-refractivity contribution < 1.29 is 4.79 Å². The van der Waals surface area contributed by atoms with Gasteiger partial charge in [-0.15, -0.1) is 0 Å². The van der Waals surface area contributed by atoms with Crippen LogP contribution in [0.25, 0.3) is 0 Å². The summed E-state index contributed by atoms with van der Waals surface area (Å²) in [6, 6.07) is 1.64. The fourth-order valence-electron chi connectivity index (χ4n) is 2.15. The van der Waals surface area contributed by atoms with E-state index in [-0.39, 0.29) is 5.91 Å². The molecule has 2 rings (SSSR count). The molecule has 4 nitrogen and oxygen atoms in total. The molecule has 1 atom stereocenters. The van der Waals surface area contributed by atoms with Gasteiger partial charge in [0.1, 0.15) is 5.69 Å². The SMILES string of the molecule is O=C(NCCC1CCCNC1)c1cc(Cl)c[nH]1. The van der Waals surface area contributed by atoms with Crippen LogP contribution in [-0.4, -0.2) is 30.5 Å². The van der Waals surface area contributed by atoms with Crippen LogP contribution >= 0.6 is 11.6 Å². The Morgan fingerprint density at radius 2 is 2.47 bits per heavy atom. The number of hydrogen-bond acceptors (Lipinski definition) is 2. The number of aromatic nitrogens is 1. The van der Waals surface area contributed by atoms with Crippen molar-refractivity contribution in [1.82, 2.24) is 15.6 Å². The predicted molar refractivity (Wildman–Crippen MR) is 68.3 cm³/mol. The van der Waals surface area contributed by atoms with E-state index in [4.69, 9.17) is 11.6 Å². The zero-order valence-corrected chi connectivity index (χ0v) is 10.5. The van der Waals surface area contributed by atoms with Crippen LogP contribution in [0, 0.1) is 5.92 Å². The molecular weight excluding hydrogens is 238 g/mol. The van der Waals surface area contributed by atoms with Crippen molar-refractivity contribution in [1.29, 1.82) is 0 Å². The summed E-state index contributed by atoms with van der Waals surface area (Å²) in [5.74, 6) is 0.608. The lowest BCUT2D eigenvalue weighted by Crippen LogP contribution is -2.33. The Morgan fingerprint density at radius 3 is 3.12 bits per heavy atom. The van der Waals surface area contributed by atoms with E-state index in [0.717, 1.165) is 26.1 Å². The van der Waals surface area contributed by atoms with Gasteiger partial charge in [0.05, 0.1) is 5.02 Å². The third-order valence-corrected chi connectivity index (χ3v) is 3.35. The van der Waals surface area contributed by atoms with Gasteiger partial charge in [-0.05, 0) is 44.3 Å². The van der Waals surface area contributed by atoms with E-state index in [0.29, 0.717) is 16.6 Å². The van der Waals surface area contributed by atoms with Crippen molar-refractivity contribution in [2.24, 2.45) is 5.92 Å². The molecule has 0 radical (unpaired) electrons. The van der Waals surface area contributed by atoms with Gasteiger partial charge in [0.2, 0.25) is 0 Å². The van der Waals surface area contributed by atoms with Gasteiger partial charge in [-0.3, -0.25) is 4.79 Å². The fraction of sp³-hybridized carbons (Fsp3) is 0.583. The number of hydrogen-bond donors (Lipinski definition) is 3. The second-order valence-corrected chi connectivity index (χ2v) is 4.92. The molecule has 3 N–H and O–H groups in total. The molecule has 0 spiro atoms. The second-order valence-electron chi connectivity index (χ2n) is 4.49. The Bertz CT molecular complexity index is 372. The summed E-state index contributed by atoms with van der Waals surface area (Å²) in [5, 5.41) is 6.84. The Balaban J connectivity index is 1.69. The highest BCUT2D eigenvalue weighted by Crippen LogP contribution is 2.13. The molecule has 0 aliphatic carbocycles. The first-order valence-corrected chi connectivity index (χ1v) is 6.46. The first kappa shape index (κ1) is 12.5. The monoisotopic (exact) mass is 255 g/mol. The van der Waals surface area contributed by atoms with Crippen molar-refractivity contribution >= 4 is 17.5 Å². The van der Waals surface area contributed by atoms with Gasteiger partial charge in [0.25, 0.3) is 5.91 Å².